The maximum atomic E-state index is 12.4. The molecule has 6 atom stereocenters. The zero-order valence-electron chi connectivity index (χ0n) is 30.6. The van der Waals surface area contributed by atoms with Crippen LogP contribution >= 0.6 is 0 Å². The van der Waals surface area contributed by atoms with E-state index in [-0.39, 0.29) is 22.3 Å². The standard InChI is InChI=1S/C39H66O3Si2/c1-27(16-23-35(40)30-18-19-30)33-21-22-34-29(15-14-24-39(33,34)9)17-20-31-25-32(41-43(10,11)37(3,4)5)26-36(28(31)2)42-44(12,13)38(6,7)8/h16-17,20,23,27,30,32-34,36H,2,14-15,18-19,21-22,24-26H2,1,3-13H3/b23-16+,29-17+,31-20+/t27-,32-,33-,34+,36+,39-/m1/s1. The Morgan fingerprint density at radius 2 is 1.57 bits per heavy atom. The average Bonchev–Trinajstić information content (AvgIpc) is 3.68. The monoisotopic (exact) mass is 638 g/mol. The first-order valence-corrected chi connectivity index (χ1v) is 23.6. The van der Waals surface area contributed by atoms with E-state index >= 15 is 0 Å². The van der Waals surface area contributed by atoms with Crippen molar-refractivity contribution in [2.24, 2.45) is 29.1 Å². The van der Waals surface area contributed by atoms with E-state index in [9.17, 15) is 4.79 Å². The molecule has 0 heterocycles. The highest BCUT2D eigenvalue weighted by Gasteiger charge is 2.50. The molecule has 0 spiro atoms. The highest BCUT2D eigenvalue weighted by atomic mass is 28.4. The van der Waals surface area contributed by atoms with Crippen molar-refractivity contribution in [1.82, 2.24) is 0 Å². The van der Waals surface area contributed by atoms with Crippen LogP contribution in [0.1, 0.15) is 113 Å². The summed E-state index contributed by atoms with van der Waals surface area (Å²) in [7, 11) is -3.91. The van der Waals surface area contributed by atoms with Crippen LogP contribution in [0.4, 0.5) is 0 Å². The van der Waals surface area contributed by atoms with Gasteiger partial charge in [-0.3, -0.25) is 4.79 Å². The fourth-order valence-electron chi connectivity index (χ4n) is 7.79. The zero-order valence-corrected chi connectivity index (χ0v) is 32.6. The Hall–Kier alpha value is -1.02. The van der Waals surface area contributed by atoms with E-state index in [4.69, 9.17) is 8.85 Å². The van der Waals surface area contributed by atoms with Gasteiger partial charge in [-0.05, 0) is 128 Å². The molecular weight excluding hydrogens is 573 g/mol. The average molecular weight is 639 g/mol. The molecule has 0 amide bonds. The number of hydrogen-bond acceptors (Lipinski definition) is 3. The van der Waals surface area contributed by atoms with Gasteiger partial charge in [-0.1, -0.05) is 85.8 Å². The van der Waals surface area contributed by atoms with Crippen molar-refractivity contribution in [3.63, 3.8) is 0 Å². The largest absolute Gasteiger partial charge is 0.413 e. The molecule has 0 radical (unpaired) electrons. The van der Waals surface area contributed by atoms with E-state index in [1.54, 1.807) is 5.57 Å². The normalized spacial score (nSPS) is 33.3. The van der Waals surface area contributed by atoms with Gasteiger partial charge in [-0.25, -0.2) is 0 Å². The van der Waals surface area contributed by atoms with Crippen LogP contribution in [0.3, 0.4) is 0 Å². The van der Waals surface area contributed by atoms with Crippen LogP contribution in [0.15, 0.2) is 47.6 Å². The Kier molecular flexibility index (Phi) is 10.5. The van der Waals surface area contributed by atoms with E-state index in [1.165, 1.54) is 43.3 Å². The van der Waals surface area contributed by atoms with Gasteiger partial charge in [0.25, 0.3) is 0 Å². The molecule has 4 fully saturated rings. The van der Waals surface area contributed by atoms with Crippen LogP contribution < -0.4 is 0 Å². The van der Waals surface area contributed by atoms with Gasteiger partial charge in [0.15, 0.2) is 22.4 Å². The first-order chi connectivity index (χ1) is 20.2. The van der Waals surface area contributed by atoms with Crippen molar-refractivity contribution in [2.75, 3.05) is 0 Å². The van der Waals surface area contributed by atoms with Crippen LogP contribution in [0.25, 0.3) is 0 Å². The molecule has 4 rings (SSSR count). The molecule has 4 aliphatic rings. The number of allylic oxidation sites excluding steroid dienone is 5. The number of carbonyl (C=O) groups is 1. The van der Waals surface area contributed by atoms with Gasteiger partial charge >= 0.3 is 0 Å². The Bertz CT molecular complexity index is 1170. The predicted octanol–water partition coefficient (Wildman–Crippen LogP) is 11.4. The van der Waals surface area contributed by atoms with Crippen LogP contribution in [-0.2, 0) is 13.6 Å². The fraction of sp³-hybridized carbons (Fsp3) is 0.769. The number of hydrogen-bond donors (Lipinski definition) is 0. The summed E-state index contributed by atoms with van der Waals surface area (Å²) >= 11 is 0. The number of carbonyl (C=O) groups excluding carboxylic acids is 1. The number of rotatable bonds is 9. The fourth-order valence-corrected chi connectivity index (χ4v) is 10.5. The summed E-state index contributed by atoms with van der Waals surface area (Å²) < 4.78 is 14.1. The van der Waals surface area contributed by atoms with Crippen LogP contribution in [-0.4, -0.2) is 34.6 Å². The summed E-state index contributed by atoms with van der Waals surface area (Å²) in [5.74, 6) is 2.39. The Morgan fingerprint density at radius 1 is 0.955 bits per heavy atom. The van der Waals surface area contributed by atoms with Gasteiger partial charge in [0.2, 0.25) is 0 Å². The van der Waals surface area contributed by atoms with Crippen molar-refractivity contribution >= 4 is 22.4 Å². The molecule has 4 saturated carbocycles. The van der Waals surface area contributed by atoms with E-state index < -0.39 is 16.6 Å². The van der Waals surface area contributed by atoms with Gasteiger partial charge in [-0.2, -0.15) is 0 Å². The molecule has 0 saturated heterocycles. The first kappa shape index (κ1) is 35.8. The lowest BCUT2D eigenvalue weighted by Gasteiger charge is -2.45. The molecule has 0 aromatic rings. The molecule has 0 aliphatic heterocycles. The van der Waals surface area contributed by atoms with E-state index in [2.05, 4.69) is 106 Å². The summed E-state index contributed by atoms with van der Waals surface area (Å²) in [6, 6.07) is 0. The molecule has 44 heavy (non-hydrogen) atoms. The Balaban J connectivity index is 1.58. The smallest absolute Gasteiger partial charge is 0.192 e. The first-order valence-electron chi connectivity index (χ1n) is 17.8. The molecule has 0 aromatic heterocycles. The van der Waals surface area contributed by atoms with Gasteiger partial charge < -0.3 is 8.85 Å². The highest BCUT2D eigenvalue weighted by molar-refractivity contribution is 6.74. The summed E-state index contributed by atoms with van der Waals surface area (Å²) in [6.45, 7) is 33.0. The van der Waals surface area contributed by atoms with E-state index in [0.29, 0.717) is 34.9 Å². The third-order valence-electron chi connectivity index (χ3n) is 13.0. The SMILES string of the molecule is C=C1/C(=C/C=C2\CCC[C@]3(C)[C@@H]([C@H](C)/C=C/C(=O)C4CC4)CC[C@@H]23)C[C@@H](O[Si](C)(C)C(C)(C)C)C[C@@H]1O[Si](C)(C)C(C)(C)C. The second kappa shape index (κ2) is 12.9. The molecule has 4 aliphatic carbocycles. The topological polar surface area (TPSA) is 35.5 Å². The second-order valence-corrected chi connectivity index (χ2v) is 27.8. The van der Waals surface area contributed by atoms with E-state index in [0.717, 1.165) is 25.7 Å². The molecule has 0 aromatic carbocycles. The lowest BCUT2D eigenvalue weighted by atomic mass is 9.61. The Morgan fingerprint density at radius 3 is 2.16 bits per heavy atom. The highest BCUT2D eigenvalue weighted by Crippen LogP contribution is 2.59. The molecule has 248 valence electrons. The third kappa shape index (κ3) is 7.74. The third-order valence-corrected chi connectivity index (χ3v) is 22.0. The molecular formula is C39H66O3Si2. The number of fused-ring (bicyclic) bond motifs is 1. The van der Waals surface area contributed by atoms with Gasteiger partial charge in [0.05, 0.1) is 12.2 Å². The van der Waals surface area contributed by atoms with Crippen molar-refractivity contribution in [3.05, 3.63) is 47.6 Å². The van der Waals surface area contributed by atoms with Crippen LogP contribution in [0.2, 0.25) is 36.3 Å². The molecule has 0 N–H and O–H groups in total. The Labute approximate surface area is 273 Å². The molecule has 3 nitrogen and oxygen atoms in total. The lowest BCUT2D eigenvalue weighted by molar-refractivity contribution is -0.115. The lowest BCUT2D eigenvalue weighted by Crippen LogP contribution is -2.49. The predicted molar refractivity (Wildman–Crippen MR) is 193 cm³/mol. The molecule has 0 bridgehead atoms. The minimum atomic E-state index is -1.98. The minimum absolute atomic E-state index is 0.0162. The van der Waals surface area contributed by atoms with Crippen molar-refractivity contribution in [1.29, 1.82) is 0 Å². The maximum Gasteiger partial charge on any atom is 0.192 e. The van der Waals surface area contributed by atoms with Gasteiger partial charge in [0.1, 0.15) is 0 Å². The maximum absolute atomic E-state index is 12.4. The van der Waals surface area contributed by atoms with Crippen molar-refractivity contribution < 1.29 is 13.6 Å². The molecule has 5 heteroatoms. The van der Waals surface area contributed by atoms with Crippen LogP contribution in [0.5, 0.6) is 0 Å². The molecule has 0 unspecified atom stereocenters. The summed E-state index contributed by atoms with van der Waals surface area (Å²) in [4.78, 5) is 12.4. The quantitative estimate of drug-likeness (QED) is 0.186. The number of ketones is 1. The van der Waals surface area contributed by atoms with Crippen LogP contribution in [0, 0.1) is 29.1 Å². The zero-order chi connectivity index (χ0) is 32.9. The summed E-state index contributed by atoms with van der Waals surface area (Å²) in [5.41, 5.74) is 4.43. The van der Waals surface area contributed by atoms with Crippen molar-refractivity contribution in [2.45, 2.75) is 162 Å². The van der Waals surface area contributed by atoms with Gasteiger partial charge in [0, 0.05) is 12.3 Å². The second-order valence-electron chi connectivity index (χ2n) is 18.3. The van der Waals surface area contributed by atoms with E-state index in [1.807, 2.05) is 6.08 Å². The summed E-state index contributed by atoms with van der Waals surface area (Å²) in [5, 5.41) is 0.321. The minimum Gasteiger partial charge on any atom is -0.413 e. The van der Waals surface area contributed by atoms with Crippen molar-refractivity contribution in [3.8, 4) is 0 Å². The summed E-state index contributed by atoms with van der Waals surface area (Å²) in [6.07, 6.45) is 19.5. The van der Waals surface area contributed by atoms with Gasteiger partial charge in [-0.15, -0.1) is 0 Å².